The molecule has 0 amide bonds. The van der Waals surface area contributed by atoms with Crippen LogP contribution in [-0.2, 0) is 6.54 Å². The Balaban J connectivity index is 2.01. The number of anilines is 2. The highest BCUT2D eigenvalue weighted by Crippen LogP contribution is 2.23. The Kier molecular flexibility index (Phi) is 4.79. The van der Waals surface area contributed by atoms with Crippen molar-refractivity contribution in [3.63, 3.8) is 0 Å². The number of oxazole rings is 1. The number of nitrogens with one attached hydrogen (secondary N) is 1. The third kappa shape index (κ3) is 3.84. The molecule has 4 nitrogen and oxygen atoms in total. The summed E-state index contributed by atoms with van der Waals surface area (Å²) in [5.41, 5.74) is 3.23. The van der Waals surface area contributed by atoms with E-state index in [2.05, 4.69) is 43.2 Å². The summed E-state index contributed by atoms with van der Waals surface area (Å²) < 4.78 is 5.55. The Labute approximate surface area is 120 Å². The molecule has 4 heteroatoms. The second-order valence-electron chi connectivity index (χ2n) is 5.54. The highest BCUT2D eigenvalue weighted by atomic mass is 16.4. The number of aryl methyl sites for hydroxylation is 1. The van der Waals surface area contributed by atoms with Crippen LogP contribution in [0.4, 0.5) is 11.7 Å². The molecule has 2 aromatic rings. The second kappa shape index (κ2) is 6.57. The van der Waals surface area contributed by atoms with E-state index in [0.29, 0.717) is 11.9 Å². The number of hydrogen-bond donors (Lipinski definition) is 1. The Morgan fingerprint density at radius 1 is 1.35 bits per heavy atom. The van der Waals surface area contributed by atoms with Gasteiger partial charge < -0.3 is 9.73 Å². The summed E-state index contributed by atoms with van der Waals surface area (Å²) in [4.78, 5) is 6.47. The maximum Gasteiger partial charge on any atom is 0.301 e. The first kappa shape index (κ1) is 14.6. The molecule has 0 saturated carbocycles. The average Bonchev–Trinajstić information content (AvgIpc) is 2.86. The molecule has 0 unspecified atom stereocenters. The van der Waals surface area contributed by atoms with Crippen LogP contribution in [0.2, 0.25) is 0 Å². The molecule has 0 aliphatic rings. The first-order valence-electron chi connectivity index (χ1n) is 7.02. The van der Waals surface area contributed by atoms with Gasteiger partial charge in [0.25, 0.3) is 0 Å². The fourth-order valence-corrected chi connectivity index (χ4v) is 1.97. The summed E-state index contributed by atoms with van der Waals surface area (Å²) in [5.74, 6) is 0.635. The van der Waals surface area contributed by atoms with E-state index >= 15 is 0 Å². The standard InChI is InChI=1S/C16H23N3O/c1-12(2)9-17-10-14-11-20-16(18-14)19(4)15-7-5-6-13(3)8-15/h5-8,11-12,17H,9-10H2,1-4H3. The summed E-state index contributed by atoms with van der Waals surface area (Å²) in [5, 5.41) is 3.36. The summed E-state index contributed by atoms with van der Waals surface area (Å²) in [6, 6.07) is 8.90. The number of benzene rings is 1. The fraction of sp³-hybridized carbons (Fsp3) is 0.438. The molecule has 0 bridgehead atoms. The third-order valence-corrected chi connectivity index (χ3v) is 3.07. The van der Waals surface area contributed by atoms with Crippen molar-refractivity contribution in [2.45, 2.75) is 27.3 Å². The van der Waals surface area contributed by atoms with E-state index < -0.39 is 0 Å². The maximum atomic E-state index is 5.55. The Morgan fingerprint density at radius 2 is 2.15 bits per heavy atom. The predicted octanol–water partition coefficient (Wildman–Crippen LogP) is 3.50. The molecule has 1 aromatic carbocycles. The second-order valence-corrected chi connectivity index (χ2v) is 5.54. The van der Waals surface area contributed by atoms with Gasteiger partial charge in [-0.15, -0.1) is 0 Å². The molecule has 0 fully saturated rings. The van der Waals surface area contributed by atoms with Crippen LogP contribution in [0, 0.1) is 12.8 Å². The zero-order valence-corrected chi connectivity index (χ0v) is 12.7. The van der Waals surface area contributed by atoms with Crippen molar-refractivity contribution in [2.75, 3.05) is 18.5 Å². The van der Waals surface area contributed by atoms with E-state index in [-0.39, 0.29) is 0 Å². The van der Waals surface area contributed by atoms with Crippen LogP contribution in [-0.4, -0.2) is 18.6 Å². The number of hydrogen-bond acceptors (Lipinski definition) is 4. The van der Waals surface area contributed by atoms with Gasteiger partial charge in [0, 0.05) is 19.3 Å². The van der Waals surface area contributed by atoms with Crippen molar-refractivity contribution in [1.82, 2.24) is 10.3 Å². The van der Waals surface area contributed by atoms with Crippen LogP contribution in [0.15, 0.2) is 34.9 Å². The lowest BCUT2D eigenvalue weighted by atomic mass is 10.2. The van der Waals surface area contributed by atoms with Gasteiger partial charge in [0.1, 0.15) is 6.26 Å². The lowest BCUT2D eigenvalue weighted by Crippen LogP contribution is -2.19. The van der Waals surface area contributed by atoms with E-state index in [1.165, 1.54) is 5.56 Å². The van der Waals surface area contributed by atoms with Gasteiger partial charge in [0.05, 0.1) is 5.69 Å². The van der Waals surface area contributed by atoms with E-state index in [0.717, 1.165) is 24.5 Å². The van der Waals surface area contributed by atoms with E-state index in [4.69, 9.17) is 4.42 Å². The molecule has 0 spiro atoms. The SMILES string of the molecule is Cc1cccc(N(C)c2nc(CNCC(C)C)co2)c1. The minimum atomic E-state index is 0.622. The van der Waals surface area contributed by atoms with E-state index in [1.807, 2.05) is 24.1 Å². The Morgan fingerprint density at radius 3 is 2.85 bits per heavy atom. The van der Waals surface area contributed by atoms with E-state index in [1.54, 1.807) is 6.26 Å². The van der Waals surface area contributed by atoms with Crippen LogP contribution in [0.5, 0.6) is 0 Å². The van der Waals surface area contributed by atoms with Gasteiger partial charge in [0.15, 0.2) is 0 Å². The predicted molar refractivity (Wildman–Crippen MR) is 82.3 cm³/mol. The average molecular weight is 273 g/mol. The Bertz CT molecular complexity index is 548. The number of aromatic nitrogens is 1. The van der Waals surface area contributed by atoms with Crippen LogP contribution in [0.1, 0.15) is 25.1 Å². The van der Waals surface area contributed by atoms with Crippen molar-refractivity contribution in [1.29, 1.82) is 0 Å². The molecule has 108 valence electrons. The van der Waals surface area contributed by atoms with Gasteiger partial charge >= 0.3 is 6.01 Å². The van der Waals surface area contributed by atoms with Gasteiger partial charge in [-0.3, -0.25) is 4.90 Å². The van der Waals surface area contributed by atoms with Crippen LogP contribution < -0.4 is 10.2 Å². The number of rotatable bonds is 6. The summed E-state index contributed by atoms with van der Waals surface area (Å²) in [6.07, 6.45) is 1.72. The summed E-state index contributed by atoms with van der Waals surface area (Å²) in [6.45, 7) is 8.17. The van der Waals surface area contributed by atoms with Gasteiger partial charge in [-0.2, -0.15) is 4.98 Å². The largest absolute Gasteiger partial charge is 0.431 e. The Hall–Kier alpha value is -1.81. The molecular weight excluding hydrogens is 250 g/mol. The van der Waals surface area contributed by atoms with Gasteiger partial charge in [-0.05, 0) is 37.1 Å². The van der Waals surface area contributed by atoms with Crippen molar-refractivity contribution in [2.24, 2.45) is 5.92 Å². The normalized spacial score (nSPS) is 11.1. The van der Waals surface area contributed by atoms with Crippen molar-refractivity contribution in [3.8, 4) is 0 Å². The quantitative estimate of drug-likeness (QED) is 0.874. The topological polar surface area (TPSA) is 41.3 Å². The van der Waals surface area contributed by atoms with Crippen molar-refractivity contribution >= 4 is 11.7 Å². The van der Waals surface area contributed by atoms with Crippen LogP contribution >= 0.6 is 0 Å². The van der Waals surface area contributed by atoms with Crippen LogP contribution in [0.3, 0.4) is 0 Å². The zero-order valence-electron chi connectivity index (χ0n) is 12.7. The lowest BCUT2D eigenvalue weighted by molar-refractivity contribution is 0.540. The molecule has 0 atom stereocenters. The molecular formula is C16H23N3O. The third-order valence-electron chi connectivity index (χ3n) is 3.07. The smallest absolute Gasteiger partial charge is 0.301 e. The summed E-state index contributed by atoms with van der Waals surface area (Å²) in [7, 11) is 1.96. The highest BCUT2D eigenvalue weighted by molar-refractivity contribution is 5.56. The number of nitrogens with zero attached hydrogens (tertiary/aromatic N) is 2. The molecule has 0 radical (unpaired) electrons. The monoisotopic (exact) mass is 273 g/mol. The first-order valence-corrected chi connectivity index (χ1v) is 7.02. The molecule has 0 aliphatic heterocycles. The molecule has 0 aliphatic carbocycles. The molecule has 0 saturated heterocycles. The zero-order chi connectivity index (χ0) is 14.5. The van der Waals surface area contributed by atoms with Gasteiger partial charge in [0.2, 0.25) is 0 Å². The summed E-state index contributed by atoms with van der Waals surface area (Å²) >= 11 is 0. The fourth-order valence-electron chi connectivity index (χ4n) is 1.97. The molecule has 1 aromatic heterocycles. The van der Waals surface area contributed by atoms with Crippen molar-refractivity contribution in [3.05, 3.63) is 41.8 Å². The van der Waals surface area contributed by atoms with E-state index in [9.17, 15) is 0 Å². The van der Waals surface area contributed by atoms with Gasteiger partial charge in [-0.25, -0.2) is 0 Å². The maximum absolute atomic E-state index is 5.55. The van der Waals surface area contributed by atoms with Crippen LogP contribution in [0.25, 0.3) is 0 Å². The highest BCUT2D eigenvalue weighted by Gasteiger charge is 2.11. The van der Waals surface area contributed by atoms with Gasteiger partial charge in [-0.1, -0.05) is 26.0 Å². The van der Waals surface area contributed by atoms with Crippen molar-refractivity contribution < 1.29 is 4.42 Å². The molecule has 2 rings (SSSR count). The molecule has 1 heterocycles. The first-order chi connectivity index (χ1) is 9.56. The molecule has 20 heavy (non-hydrogen) atoms. The lowest BCUT2D eigenvalue weighted by Gasteiger charge is -2.14. The minimum absolute atomic E-state index is 0.622. The minimum Gasteiger partial charge on any atom is -0.431 e. The molecule has 1 N–H and O–H groups in total.